The quantitative estimate of drug-likeness (QED) is 0.851. The van der Waals surface area contributed by atoms with Gasteiger partial charge in [-0.1, -0.05) is 48.8 Å². The number of aliphatic hydroxyl groups excluding tert-OH is 1. The minimum absolute atomic E-state index is 0.364. The fourth-order valence-electron chi connectivity index (χ4n) is 1.77. The van der Waals surface area contributed by atoms with E-state index in [1.54, 1.807) is 0 Å². The van der Waals surface area contributed by atoms with Gasteiger partial charge in [0.2, 0.25) is 5.89 Å². The molecule has 2 rings (SSSR count). The molecule has 0 fully saturated rings. The van der Waals surface area contributed by atoms with E-state index in [1.807, 2.05) is 30.3 Å². The van der Waals surface area contributed by atoms with Gasteiger partial charge < -0.3 is 9.63 Å². The summed E-state index contributed by atoms with van der Waals surface area (Å²) in [6.07, 6.45) is 2.77. The maximum Gasteiger partial charge on any atom is 0.229 e. The molecule has 1 aromatic heterocycles. The second kappa shape index (κ2) is 6.31. The normalized spacial score (nSPS) is 12.6. The maximum atomic E-state index is 10.0. The largest absolute Gasteiger partial charge is 0.388 e. The average molecular weight is 246 g/mol. The Hall–Kier alpha value is -1.68. The van der Waals surface area contributed by atoms with Gasteiger partial charge >= 0.3 is 0 Å². The molecule has 4 nitrogen and oxygen atoms in total. The molecule has 1 atom stereocenters. The minimum Gasteiger partial charge on any atom is -0.388 e. The number of unbranched alkanes of at least 4 members (excludes halogenated alkanes) is 1. The predicted molar refractivity (Wildman–Crippen MR) is 68.0 cm³/mol. The van der Waals surface area contributed by atoms with Crippen molar-refractivity contribution in [3.05, 3.63) is 47.6 Å². The fourth-order valence-corrected chi connectivity index (χ4v) is 1.77. The summed E-state index contributed by atoms with van der Waals surface area (Å²) in [5, 5.41) is 13.9. The van der Waals surface area contributed by atoms with Gasteiger partial charge in [0, 0.05) is 6.42 Å². The van der Waals surface area contributed by atoms with Crippen molar-refractivity contribution in [1.82, 2.24) is 10.1 Å². The Labute approximate surface area is 107 Å². The summed E-state index contributed by atoms with van der Waals surface area (Å²) < 4.78 is 5.13. The Kier molecular flexibility index (Phi) is 4.47. The van der Waals surface area contributed by atoms with Crippen molar-refractivity contribution in [1.29, 1.82) is 0 Å². The summed E-state index contributed by atoms with van der Waals surface area (Å²) in [6, 6.07) is 9.50. The van der Waals surface area contributed by atoms with Gasteiger partial charge in [0.25, 0.3) is 0 Å². The van der Waals surface area contributed by atoms with Crippen LogP contribution in [0, 0.1) is 0 Å². The molecule has 4 heteroatoms. The molecule has 0 amide bonds. The lowest BCUT2D eigenvalue weighted by Crippen LogP contribution is -2.02. The van der Waals surface area contributed by atoms with E-state index < -0.39 is 6.10 Å². The number of hydrogen-bond donors (Lipinski definition) is 1. The molecule has 0 aliphatic rings. The Bertz CT molecular complexity index is 468. The van der Waals surface area contributed by atoms with Crippen molar-refractivity contribution >= 4 is 0 Å². The standard InChI is InChI=1S/C14H18N2O2/c1-2-3-9-13-15-14(18-16-13)10-12(17)11-7-5-4-6-8-11/h4-8,12,17H,2-3,9-10H2,1H3. The molecule has 2 aromatic rings. The third kappa shape index (κ3) is 3.40. The van der Waals surface area contributed by atoms with Gasteiger partial charge in [0.05, 0.1) is 12.5 Å². The SMILES string of the molecule is CCCCc1noc(CC(O)c2ccccc2)n1. The molecule has 1 N–H and O–H groups in total. The van der Waals surface area contributed by atoms with Crippen LogP contribution in [0.3, 0.4) is 0 Å². The topological polar surface area (TPSA) is 59.2 Å². The van der Waals surface area contributed by atoms with Gasteiger partial charge in [0.1, 0.15) is 0 Å². The van der Waals surface area contributed by atoms with Crippen LogP contribution < -0.4 is 0 Å². The molecule has 1 heterocycles. The number of rotatable bonds is 6. The molecule has 0 saturated heterocycles. The van der Waals surface area contributed by atoms with E-state index >= 15 is 0 Å². The van der Waals surface area contributed by atoms with Gasteiger partial charge in [-0.05, 0) is 12.0 Å². The van der Waals surface area contributed by atoms with Crippen molar-refractivity contribution in [2.75, 3.05) is 0 Å². The first-order valence-electron chi connectivity index (χ1n) is 6.34. The molecule has 0 aliphatic carbocycles. The number of benzene rings is 1. The third-order valence-electron chi connectivity index (χ3n) is 2.82. The fraction of sp³-hybridized carbons (Fsp3) is 0.429. The lowest BCUT2D eigenvalue weighted by atomic mass is 10.1. The zero-order chi connectivity index (χ0) is 12.8. The molecule has 0 bridgehead atoms. The van der Waals surface area contributed by atoms with E-state index in [4.69, 9.17) is 4.52 Å². The highest BCUT2D eigenvalue weighted by molar-refractivity contribution is 5.18. The second-order valence-corrected chi connectivity index (χ2v) is 4.34. The van der Waals surface area contributed by atoms with Gasteiger partial charge in [-0.2, -0.15) is 4.98 Å². The Morgan fingerprint density at radius 1 is 1.28 bits per heavy atom. The number of hydrogen-bond acceptors (Lipinski definition) is 4. The Balaban J connectivity index is 1.95. The van der Waals surface area contributed by atoms with Gasteiger partial charge in [0.15, 0.2) is 5.82 Å². The zero-order valence-electron chi connectivity index (χ0n) is 10.5. The highest BCUT2D eigenvalue weighted by Gasteiger charge is 2.13. The average Bonchev–Trinajstić information content (AvgIpc) is 2.85. The first-order chi connectivity index (χ1) is 8.79. The van der Waals surface area contributed by atoms with Crippen molar-refractivity contribution in [3.8, 4) is 0 Å². The van der Waals surface area contributed by atoms with Crippen molar-refractivity contribution < 1.29 is 9.63 Å². The summed E-state index contributed by atoms with van der Waals surface area (Å²) in [7, 11) is 0. The summed E-state index contributed by atoms with van der Waals surface area (Å²) >= 11 is 0. The van der Waals surface area contributed by atoms with Crippen LogP contribution in [-0.2, 0) is 12.8 Å². The molecule has 96 valence electrons. The van der Waals surface area contributed by atoms with Gasteiger partial charge in [-0.3, -0.25) is 0 Å². The molecule has 18 heavy (non-hydrogen) atoms. The van der Waals surface area contributed by atoms with Crippen LogP contribution in [0.2, 0.25) is 0 Å². The maximum absolute atomic E-state index is 10.0. The number of aliphatic hydroxyl groups is 1. The van der Waals surface area contributed by atoms with Gasteiger partial charge in [-0.15, -0.1) is 0 Å². The zero-order valence-corrected chi connectivity index (χ0v) is 10.5. The highest BCUT2D eigenvalue weighted by atomic mass is 16.5. The van der Waals surface area contributed by atoms with Crippen LogP contribution in [0.1, 0.15) is 43.1 Å². The molecule has 0 aliphatic heterocycles. The van der Waals surface area contributed by atoms with Crippen molar-refractivity contribution in [2.45, 2.75) is 38.7 Å². The lowest BCUT2D eigenvalue weighted by molar-refractivity contribution is 0.164. The van der Waals surface area contributed by atoms with E-state index in [1.165, 1.54) is 0 Å². The molecule has 0 radical (unpaired) electrons. The number of aryl methyl sites for hydroxylation is 1. The summed E-state index contributed by atoms with van der Waals surface area (Å²) in [4.78, 5) is 4.28. The smallest absolute Gasteiger partial charge is 0.229 e. The van der Waals surface area contributed by atoms with Crippen LogP contribution in [0.5, 0.6) is 0 Å². The van der Waals surface area contributed by atoms with Crippen LogP contribution in [-0.4, -0.2) is 15.2 Å². The third-order valence-corrected chi connectivity index (χ3v) is 2.82. The van der Waals surface area contributed by atoms with E-state index in [0.29, 0.717) is 12.3 Å². The Morgan fingerprint density at radius 3 is 2.78 bits per heavy atom. The number of nitrogens with zero attached hydrogens (tertiary/aromatic N) is 2. The van der Waals surface area contributed by atoms with Crippen LogP contribution >= 0.6 is 0 Å². The molecule has 0 saturated carbocycles. The van der Waals surface area contributed by atoms with Crippen molar-refractivity contribution in [3.63, 3.8) is 0 Å². The second-order valence-electron chi connectivity index (χ2n) is 4.34. The molecule has 1 unspecified atom stereocenters. The summed E-state index contributed by atoms with van der Waals surface area (Å²) in [5.41, 5.74) is 0.866. The minimum atomic E-state index is -0.592. The lowest BCUT2D eigenvalue weighted by Gasteiger charge is -2.07. The summed E-state index contributed by atoms with van der Waals surface area (Å²) in [5.74, 6) is 1.23. The molecule has 0 spiro atoms. The van der Waals surface area contributed by atoms with E-state index in [0.717, 1.165) is 30.7 Å². The monoisotopic (exact) mass is 246 g/mol. The first-order valence-corrected chi connectivity index (χ1v) is 6.34. The molecular formula is C14H18N2O2. The molecule has 1 aromatic carbocycles. The van der Waals surface area contributed by atoms with Crippen LogP contribution in [0.4, 0.5) is 0 Å². The van der Waals surface area contributed by atoms with Gasteiger partial charge in [-0.25, -0.2) is 0 Å². The van der Waals surface area contributed by atoms with E-state index in [9.17, 15) is 5.11 Å². The highest BCUT2D eigenvalue weighted by Crippen LogP contribution is 2.17. The summed E-state index contributed by atoms with van der Waals surface area (Å²) in [6.45, 7) is 2.13. The Morgan fingerprint density at radius 2 is 2.06 bits per heavy atom. The van der Waals surface area contributed by atoms with E-state index in [-0.39, 0.29) is 0 Å². The molecular weight excluding hydrogens is 228 g/mol. The first kappa shape index (κ1) is 12.8. The van der Waals surface area contributed by atoms with E-state index in [2.05, 4.69) is 17.1 Å². The van der Waals surface area contributed by atoms with Crippen molar-refractivity contribution in [2.24, 2.45) is 0 Å². The van der Waals surface area contributed by atoms with Crippen LogP contribution in [0.15, 0.2) is 34.9 Å². The predicted octanol–water partition coefficient (Wildman–Crippen LogP) is 2.69. The number of aromatic nitrogens is 2. The van der Waals surface area contributed by atoms with Crippen LogP contribution in [0.25, 0.3) is 0 Å².